The highest BCUT2D eigenvalue weighted by Gasteiger charge is 2.76. The fraction of sp³-hybridized carbons (Fsp3) is 0.900. The second-order valence-electron chi connectivity index (χ2n) is 10.3. The second-order valence-corrected chi connectivity index (χ2v) is 10.3. The maximum Gasteiger partial charge on any atom is 0.313 e. The molecule has 1 amide bonds. The molecular weight excluding hydrogens is 302 g/mol. The summed E-state index contributed by atoms with van der Waals surface area (Å²) in [4.78, 5) is 25.9. The molecule has 132 valence electrons. The van der Waals surface area contributed by atoms with Crippen LogP contribution in [0.2, 0.25) is 0 Å². The van der Waals surface area contributed by atoms with Crippen LogP contribution in [0, 0.1) is 28.6 Å². The summed E-state index contributed by atoms with van der Waals surface area (Å²) in [7, 11) is 0. The maximum atomic E-state index is 13.4. The van der Waals surface area contributed by atoms with Crippen LogP contribution in [0.4, 0.5) is 0 Å². The Morgan fingerprint density at radius 3 is 1.96 bits per heavy atom. The Kier molecular flexibility index (Phi) is 2.65. The number of hydrogen-bond acceptors (Lipinski definition) is 3. The summed E-state index contributed by atoms with van der Waals surface area (Å²) in [5.41, 5.74) is -1.94. The summed E-state index contributed by atoms with van der Waals surface area (Å²) < 4.78 is 5.79. The molecule has 1 saturated heterocycles. The van der Waals surface area contributed by atoms with E-state index in [1.54, 1.807) is 0 Å². The average molecular weight is 331 g/mol. The van der Waals surface area contributed by atoms with E-state index in [0.29, 0.717) is 6.42 Å². The molecule has 1 heterocycles. The number of fused-ring (bicyclic) bond motifs is 2. The Hall–Kier alpha value is -1.06. The molecule has 0 radical (unpaired) electrons. The lowest BCUT2D eigenvalue weighted by molar-refractivity contribution is -0.170. The average Bonchev–Trinajstić information content (AvgIpc) is 2.75. The monoisotopic (exact) mass is 331 g/mol. The van der Waals surface area contributed by atoms with Crippen molar-refractivity contribution in [2.45, 2.75) is 83.3 Å². The van der Waals surface area contributed by atoms with Gasteiger partial charge in [0.05, 0.1) is 5.41 Å². The Bertz CT molecular complexity index is 604. The third kappa shape index (κ3) is 1.56. The van der Waals surface area contributed by atoms with Gasteiger partial charge in [-0.15, -0.1) is 0 Å². The highest BCUT2D eigenvalue weighted by atomic mass is 16.6. The zero-order valence-electron chi connectivity index (χ0n) is 15.1. The summed E-state index contributed by atoms with van der Waals surface area (Å²) in [5, 5.41) is 3.46. The molecule has 0 unspecified atom stereocenters. The number of nitrogens with one attached hydrogen (secondary N) is 1. The first-order valence-corrected chi connectivity index (χ1v) is 9.76. The van der Waals surface area contributed by atoms with Gasteiger partial charge in [-0.1, -0.05) is 13.8 Å². The van der Waals surface area contributed by atoms with Crippen molar-refractivity contribution in [3.63, 3.8) is 0 Å². The molecule has 5 saturated carbocycles. The number of rotatable bonds is 2. The van der Waals surface area contributed by atoms with Crippen LogP contribution in [-0.2, 0) is 14.3 Å². The molecule has 4 nitrogen and oxygen atoms in total. The van der Waals surface area contributed by atoms with Gasteiger partial charge in [0.2, 0.25) is 0 Å². The first-order chi connectivity index (χ1) is 11.2. The van der Waals surface area contributed by atoms with E-state index in [4.69, 9.17) is 4.74 Å². The molecule has 2 atom stereocenters. The molecule has 0 aromatic heterocycles. The molecule has 24 heavy (non-hydrogen) atoms. The highest BCUT2D eigenvalue weighted by molar-refractivity contribution is 5.96. The molecule has 4 heteroatoms. The number of esters is 1. The number of hydrogen-bond donors (Lipinski definition) is 1. The summed E-state index contributed by atoms with van der Waals surface area (Å²) in [6, 6.07) is 0. The van der Waals surface area contributed by atoms with Crippen LogP contribution < -0.4 is 5.32 Å². The minimum atomic E-state index is -0.956. The van der Waals surface area contributed by atoms with Gasteiger partial charge in [0.15, 0.2) is 5.60 Å². The van der Waals surface area contributed by atoms with Crippen molar-refractivity contribution in [3.8, 4) is 0 Å². The predicted molar refractivity (Wildman–Crippen MR) is 89.0 cm³/mol. The van der Waals surface area contributed by atoms with Gasteiger partial charge in [-0.3, -0.25) is 9.59 Å². The molecule has 1 N–H and O–H groups in total. The molecule has 0 aromatic rings. The van der Waals surface area contributed by atoms with Crippen LogP contribution in [-0.4, -0.2) is 23.0 Å². The maximum absolute atomic E-state index is 13.4. The van der Waals surface area contributed by atoms with Crippen molar-refractivity contribution in [2.24, 2.45) is 28.6 Å². The first kappa shape index (κ1) is 15.2. The van der Waals surface area contributed by atoms with Gasteiger partial charge < -0.3 is 10.1 Å². The van der Waals surface area contributed by atoms with Gasteiger partial charge in [-0.25, -0.2) is 0 Å². The zero-order chi connectivity index (χ0) is 17.0. The number of ether oxygens (including phenoxy) is 1. The minimum Gasteiger partial charge on any atom is -0.448 e. The number of carbonyl (C=O) groups is 2. The lowest BCUT2D eigenvalue weighted by atomic mass is 9.53. The summed E-state index contributed by atoms with van der Waals surface area (Å²) in [6.45, 7) is 6.07. The van der Waals surface area contributed by atoms with Crippen LogP contribution in [0.1, 0.15) is 72.1 Å². The predicted octanol–water partition coefficient (Wildman–Crippen LogP) is 3.19. The topological polar surface area (TPSA) is 55.4 Å². The molecule has 6 aliphatic rings. The van der Waals surface area contributed by atoms with Gasteiger partial charge in [0.25, 0.3) is 5.91 Å². The first-order valence-electron chi connectivity index (χ1n) is 9.76. The summed E-state index contributed by atoms with van der Waals surface area (Å²) >= 11 is 0. The van der Waals surface area contributed by atoms with E-state index in [9.17, 15) is 9.59 Å². The summed E-state index contributed by atoms with van der Waals surface area (Å²) in [6.07, 6.45) is 8.90. The van der Waals surface area contributed by atoms with Crippen LogP contribution >= 0.6 is 0 Å². The van der Waals surface area contributed by atoms with Crippen molar-refractivity contribution in [1.29, 1.82) is 0 Å². The van der Waals surface area contributed by atoms with Crippen LogP contribution in [0.15, 0.2) is 0 Å². The van der Waals surface area contributed by atoms with Crippen molar-refractivity contribution in [2.75, 3.05) is 0 Å². The third-order valence-electron chi connectivity index (χ3n) is 8.87. The molecule has 5 aliphatic carbocycles. The molecule has 1 aliphatic heterocycles. The highest BCUT2D eigenvalue weighted by Crippen LogP contribution is 2.66. The Balaban J connectivity index is 1.45. The van der Waals surface area contributed by atoms with Gasteiger partial charge in [0.1, 0.15) is 0 Å². The van der Waals surface area contributed by atoms with E-state index in [-0.39, 0.29) is 17.4 Å². The molecule has 6 rings (SSSR count). The standard InChI is InChI=1S/C20H29NO3/c1-17(2)18(3)4-5-20(17,24-16(18)23)15(22)21-19-9-12-6-13(10-19)8-14(7-12)11-19/h12-14H,4-11H2,1-3H3,(H,21,22)/t12?,13?,14?,18-,19?,20+/m1/s1. The zero-order valence-corrected chi connectivity index (χ0v) is 15.1. The largest absolute Gasteiger partial charge is 0.448 e. The van der Waals surface area contributed by atoms with Gasteiger partial charge in [-0.05, 0) is 76.0 Å². The van der Waals surface area contributed by atoms with E-state index < -0.39 is 16.4 Å². The Morgan fingerprint density at radius 2 is 1.54 bits per heavy atom. The summed E-state index contributed by atoms with van der Waals surface area (Å²) in [5.74, 6) is 2.19. The smallest absolute Gasteiger partial charge is 0.313 e. The lowest BCUT2D eigenvalue weighted by Crippen LogP contribution is -2.65. The SMILES string of the molecule is CC1(C)[C@@]2(C(=O)NC34CC5CC(CC(C5)C3)C4)CC[C@]1(C)C(=O)O2. The van der Waals surface area contributed by atoms with E-state index in [1.165, 1.54) is 19.3 Å². The number of carbonyl (C=O) groups excluding carboxylic acids is 2. The number of amides is 1. The van der Waals surface area contributed by atoms with E-state index >= 15 is 0 Å². The lowest BCUT2D eigenvalue weighted by Gasteiger charge is -2.57. The van der Waals surface area contributed by atoms with Crippen molar-refractivity contribution < 1.29 is 14.3 Å². The Labute approximate surface area is 144 Å². The van der Waals surface area contributed by atoms with Gasteiger partial charge >= 0.3 is 5.97 Å². The molecule has 6 bridgehead atoms. The third-order valence-corrected chi connectivity index (χ3v) is 8.87. The molecule has 0 spiro atoms. The quantitative estimate of drug-likeness (QED) is 0.791. The normalized spacial score (nSPS) is 53.3. The fourth-order valence-corrected chi connectivity index (χ4v) is 7.35. The van der Waals surface area contributed by atoms with E-state index in [0.717, 1.165) is 43.4 Å². The Morgan fingerprint density at radius 1 is 1.00 bits per heavy atom. The van der Waals surface area contributed by atoms with Crippen molar-refractivity contribution in [3.05, 3.63) is 0 Å². The van der Waals surface area contributed by atoms with Crippen molar-refractivity contribution in [1.82, 2.24) is 5.32 Å². The molecular formula is C20H29NO3. The van der Waals surface area contributed by atoms with Crippen molar-refractivity contribution >= 4 is 11.9 Å². The van der Waals surface area contributed by atoms with Crippen LogP contribution in [0.5, 0.6) is 0 Å². The molecule has 0 aromatic carbocycles. The molecule has 6 fully saturated rings. The van der Waals surface area contributed by atoms with Crippen LogP contribution in [0.3, 0.4) is 0 Å². The second kappa shape index (κ2) is 4.19. The fourth-order valence-electron chi connectivity index (χ4n) is 7.35. The van der Waals surface area contributed by atoms with E-state index in [2.05, 4.69) is 5.32 Å². The van der Waals surface area contributed by atoms with E-state index in [1.807, 2.05) is 20.8 Å². The van der Waals surface area contributed by atoms with Gasteiger partial charge in [-0.2, -0.15) is 0 Å². The van der Waals surface area contributed by atoms with Crippen LogP contribution in [0.25, 0.3) is 0 Å². The van der Waals surface area contributed by atoms with Gasteiger partial charge in [0, 0.05) is 11.0 Å². The minimum absolute atomic E-state index is 0.0102.